The van der Waals surface area contributed by atoms with Crippen LogP contribution in [0.1, 0.15) is 110 Å². The first-order chi connectivity index (χ1) is 22.3. The Morgan fingerprint density at radius 2 is 1.74 bits per heavy atom. The number of ketones is 1. The number of rotatable bonds is 15. The lowest BCUT2D eigenvalue weighted by Crippen LogP contribution is -2.61. The van der Waals surface area contributed by atoms with E-state index in [-0.39, 0.29) is 53.5 Å². The van der Waals surface area contributed by atoms with Crippen LogP contribution in [-0.2, 0) is 19.2 Å². The molecular formula is C35H54N6O6. The fourth-order valence-electron chi connectivity index (χ4n) is 7.10. The van der Waals surface area contributed by atoms with Crippen LogP contribution in [0.3, 0.4) is 0 Å². The van der Waals surface area contributed by atoms with E-state index in [0.717, 1.165) is 32.1 Å². The molecule has 8 atom stereocenters. The van der Waals surface area contributed by atoms with Gasteiger partial charge in [-0.2, -0.15) is 0 Å². The van der Waals surface area contributed by atoms with E-state index in [2.05, 4.69) is 25.9 Å². The zero-order valence-electron chi connectivity index (χ0n) is 28.8. The molecule has 0 aromatic carbocycles. The highest BCUT2D eigenvalue weighted by Crippen LogP contribution is 2.43. The van der Waals surface area contributed by atoms with Gasteiger partial charge in [0, 0.05) is 37.3 Å². The molecule has 12 heteroatoms. The predicted molar refractivity (Wildman–Crippen MR) is 176 cm³/mol. The molecule has 2 aliphatic carbocycles. The highest BCUT2D eigenvalue weighted by molar-refractivity contribution is 5.98. The van der Waals surface area contributed by atoms with Gasteiger partial charge in [-0.25, -0.2) is 4.98 Å². The number of hydrogen-bond acceptors (Lipinski definition) is 8. The number of likely N-dealkylation sites (tertiary alicyclic amines) is 1. The summed E-state index contributed by atoms with van der Waals surface area (Å²) >= 11 is 0. The van der Waals surface area contributed by atoms with Crippen LogP contribution in [0.5, 0.6) is 0 Å². The van der Waals surface area contributed by atoms with E-state index < -0.39 is 47.4 Å². The second-order valence-electron chi connectivity index (χ2n) is 14.9. The normalized spacial score (nSPS) is 24.0. The minimum atomic E-state index is -1.40. The van der Waals surface area contributed by atoms with Gasteiger partial charge >= 0.3 is 0 Å². The van der Waals surface area contributed by atoms with Gasteiger partial charge in [0.15, 0.2) is 11.9 Å². The summed E-state index contributed by atoms with van der Waals surface area (Å²) in [6.45, 7) is 11.8. The lowest BCUT2D eigenvalue weighted by Gasteiger charge is -2.37. The maximum absolute atomic E-state index is 14.5. The third kappa shape index (κ3) is 8.94. The van der Waals surface area contributed by atoms with Gasteiger partial charge in [0.05, 0.1) is 12.2 Å². The molecule has 2 saturated carbocycles. The summed E-state index contributed by atoms with van der Waals surface area (Å²) in [5.74, 6) is -2.64. The fraction of sp³-hybridized carbons (Fsp3) is 0.743. The quantitative estimate of drug-likeness (QED) is 0.209. The van der Waals surface area contributed by atoms with E-state index in [4.69, 9.17) is 0 Å². The third-order valence-corrected chi connectivity index (χ3v) is 10.3. The average Bonchev–Trinajstić information content (AvgIpc) is 3.61. The van der Waals surface area contributed by atoms with Crippen LogP contribution in [0, 0.1) is 29.1 Å². The molecule has 1 aromatic rings. The molecule has 4 rings (SSSR count). The Bertz CT molecular complexity index is 1280. The minimum Gasteiger partial charge on any atom is -0.381 e. The standard InChI is InChI=1S/C35H54N6O6/c1-7-10-25(29(43)33(46)38-22-13-14-22)39-32(45)28-23-12-9-11-21(23)19-41(28)34(47)30(35(4,5)6)40-31(44)24(20(3)8-2)17-27(42)26-18-36-15-16-37-26/h15-16,18,20-25,28-30,43H,7-14,17,19H2,1-6H3,(H,38,46)(H,39,45)(H,40,44)/t20?,21-,23-,24-,25-,28-,29?,30+/m0/s1. The monoisotopic (exact) mass is 654 g/mol. The molecule has 2 heterocycles. The van der Waals surface area contributed by atoms with Crippen molar-refractivity contribution in [2.75, 3.05) is 6.54 Å². The van der Waals surface area contributed by atoms with Gasteiger partial charge in [-0.3, -0.25) is 29.0 Å². The van der Waals surface area contributed by atoms with Crippen molar-refractivity contribution in [3.8, 4) is 0 Å². The number of carbonyl (C=O) groups is 5. The zero-order chi connectivity index (χ0) is 34.5. The lowest BCUT2D eigenvalue weighted by atomic mass is 9.82. The molecule has 1 saturated heterocycles. The summed E-state index contributed by atoms with van der Waals surface area (Å²) in [6, 6.07) is -2.45. The van der Waals surface area contributed by atoms with Crippen molar-refractivity contribution < 1.29 is 29.1 Å². The van der Waals surface area contributed by atoms with Crippen LogP contribution in [0.4, 0.5) is 0 Å². The fourth-order valence-corrected chi connectivity index (χ4v) is 7.10. The van der Waals surface area contributed by atoms with Crippen LogP contribution in [0.25, 0.3) is 0 Å². The average molecular weight is 655 g/mol. The Labute approximate surface area is 278 Å². The van der Waals surface area contributed by atoms with Crippen LogP contribution in [0.2, 0.25) is 0 Å². The molecular weight excluding hydrogens is 600 g/mol. The van der Waals surface area contributed by atoms with Crippen molar-refractivity contribution in [2.45, 2.75) is 130 Å². The molecule has 3 fully saturated rings. The predicted octanol–water partition coefficient (Wildman–Crippen LogP) is 2.79. The third-order valence-electron chi connectivity index (χ3n) is 10.3. The van der Waals surface area contributed by atoms with Crippen molar-refractivity contribution in [3.63, 3.8) is 0 Å². The Morgan fingerprint density at radius 3 is 2.34 bits per heavy atom. The number of carbonyl (C=O) groups excluding carboxylic acids is 5. The van der Waals surface area contributed by atoms with Crippen molar-refractivity contribution in [1.29, 1.82) is 0 Å². The first kappa shape index (κ1) is 36.4. The summed E-state index contributed by atoms with van der Waals surface area (Å²) in [7, 11) is 0. The number of aliphatic hydroxyl groups is 1. The topological polar surface area (TPSA) is 171 Å². The lowest BCUT2D eigenvalue weighted by molar-refractivity contribution is -0.146. The first-order valence-electron chi connectivity index (χ1n) is 17.5. The minimum absolute atomic E-state index is 0.0487. The van der Waals surface area contributed by atoms with Gasteiger partial charge in [0.1, 0.15) is 17.8 Å². The molecule has 1 aromatic heterocycles. The number of fused-ring (bicyclic) bond motifs is 1. The number of hydrogen-bond donors (Lipinski definition) is 4. The molecule has 47 heavy (non-hydrogen) atoms. The molecule has 3 aliphatic rings. The largest absolute Gasteiger partial charge is 0.381 e. The molecule has 12 nitrogen and oxygen atoms in total. The molecule has 1 aliphatic heterocycles. The van der Waals surface area contributed by atoms with E-state index in [1.54, 1.807) is 4.90 Å². The molecule has 260 valence electrons. The van der Waals surface area contributed by atoms with Gasteiger partial charge in [-0.1, -0.05) is 60.8 Å². The van der Waals surface area contributed by atoms with E-state index in [1.165, 1.54) is 18.6 Å². The van der Waals surface area contributed by atoms with Crippen LogP contribution >= 0.6 is 0 Å². The Morgan fingerprint density at radius 1 is 1.02 bits per heavy atom. The molecule has 4 N–H and O–H groups in total. The molecule has 0 spiro atoms. The zero-order valence-corrected chi connectivity index (χ0v) is 28.8. The molecule has 0 radical (unpaired) electrons. The van der Waals surface area contributed by atoms with E-state index in [1.807, 2.05) is 41.5 Å². The maximum Gasteiger partial charge on any atom is 0.251 e. The van der Waals surface area contributed by atoms with Crippen molar-refractivity contribution >= 4 is 29.4 Å². The van der Waals surface area contributed by atoms with Gasteiger partial charge in [0.2, 0.25) is 17.7 Å². The van der Waals surface area contributed by atoms with Gasteiger partial charge in [0.25, 0.3) is 5.91 Å². The summed E-state index contributed by atoms with van der Waals surface area (Å²) in [5.41, 5.74) is -0.520. The molecule has 0 bridgehead atoms. The van der Waals surface area contributed by atoms with Gasteiger partial charge < -0.3 is 26.0 Å². The Hall–Kier alpha value is -3.41. The summed E-state index contributed by atoms with van der Waals surface area (Å²) in [4.78, 5) is 77.9. The van der Waals surface area contributed by atoms with Crippen LogP contribution < -0.4 is 16.0 Å². The molecule has 2 unspecified atom stereocenters. The smallest absolute Gasteiger partial charge is 0.251 e. The van der Waals surface area contributed by atoms with E-state index in [0.29, 0.717) is 25.8 Å². The Balaban J connectivity index is 1.54. The summed E-state index contributed by atoms with van der Waals surface area (Å²) in [6.07, 6.45) is 8.96. The van der Waals surface area contributed by atoms with Gasteiger partial charge in [-0.15, -0.1) is 0 Å². The summed E-state index contributed by atoms with van der Waals surface area (Å²) in [5, 5.41) is 19.7. The second-order valence-corrected chi connectivity index (χ2v) is 14.9. The highest BCUT2D eigenvalue weighted by Gasteiger charge is 2.52. The number of amides is 4. The number of nitrogens with one attached hydrogen (secondary N) is 3. The van der Waals surface area contributed by atoms with Gasteiger partial charge in [-0.05, 0) is 55.3 Å². The van der Waals surface area contributed by atoms with Crippen LogP contribution in [-0.4, -0.2) is 86.2 Å². The number of nitrogens with zero attached hydrogens (tertiary/aromatic N) is 3. The van der Waals surface area contributed by atoms with E-state index >= 15 is 0 Å². The van der Waals surface area contributed by atoms with Crippen LogP contribution in [0.15, 0.2) is 18.6 Å². The van der Waals surface area contributed by atoms with Crippen molar-refractivity contribution in [1.82, 2.24) is 30.8 Å². The van der Waals surface area contributed by atoms with Crippen molar-refractivity contribution in [3.05, 3.63) is 24.3 Å². The maximum atomic E-state index is 14.5. The summed E-state index contributed by atoms with van der Waals surface area (Å²) < 4.78 is 0. The number of Topliss-reactive ketones (excluding diaryl/α,β-unsaturated/α-hetero) is 1. The number of aromatic nitrogens is 2. The SMILES string of the molecule is CCC[C@H](NC(=O)[C@@H]1[C@H]2CCC[C@H]2CN1C(=O)[C@@H](NC(=O)[C@@H](CC(=O)c1cnccn1)C(C)CC)C(C)(C)C)C(O)C(=O)NC1CC1. The first-order valence-corrected chi connectivity index (χ1v) is 17.5. The van der Waals surface area contributed by atoms with E-state index in [9.17, 15) is 29.1 Å². The van der Waals surface area contributed by atoms with Crippen molar-refractivity contribution in [2.24, 2.45) is 29.1 Å². The molecule has 4 amide bonds. The highest BCUT2D eigenvalue weighted by atomic mass is 16.3. The number of aliphatic hydroxyl groups excluding tert-OH is 1. The second kappa shape index (κ2) is 15.7. The Kier molecular flexibility index (Phi) is 12.1.